The number of H-pyrrole nitrogens is 1. The Hall–Kier alpha value is -2.54. The lowest BCUT2D eigenvalue weighted by atomic mass is 9.54. The van der Waals surface area contributed by atoms with Gasteiger partial charge in [-0.05, 0) is 87.7 Å². The lowest BCUT2D eigenvalue weighted by molar-refractivity contribution is -0.135. The van der Waals surface area contributed by atoms with Crippen LogP contribution in [0.25, 0.3) is 10.9 Å². The molecule has 2 aromatic rings. The van der Waals surface area contributed by atoms with Crippen LogP contribution in [0.4, 0.5) is 4.79 Å². The second kappa shape index (κ2) is 9.09. The van der Waals surface area contributed by atoms with Crippen LogP contribution in [0.2, 0.25) is 0 Å². The third kappa shape index (κ3) is 4.51. The topological polar surface area (TPSA) is 103 Å². The number of aliphatic hydroxyl groups is 1. The van der Waals surface area contributed by atoms with Crippen molar-refractivity contribution in [1.82, 2.24) is 15.6 Å². The fourth-order valence-electron chi connectivity index (χ4n) is 8.05. The van der Waals surface area contributed by atoms with Gasteiger partial charge >= 0.3 is 6.09 Å². The van der Waals surface area contributed by atoms with Crippen molar-refractivity contribution in [3.8, 4) is 0 Å². The molecule has 0 saturated heterocycles. The average Bonchev–Trinajstić information content (AvgIpc) is 3.21. The molecule has 1 heterocycles. The lowest BCUT2D eigenvalue weighted by Crippen LogP contribution is -2.62. The van der Waals surface area contributed by atoms with Gasteiger partial charge in [-0.25, -0.2) is 4.79 Å². The van der Waals surface area contributed by atoms with Crippen molar-refractivity contribution in [3.05, 3.63) is 36.0 Å². The SMILES string of the molecule is C[C@](Cc1c[nH]c2ccccc12)(NC(=O)OC12CC3CC(CC(C3)C1)C2)C(=O)N[C@H]1CCCC[C@@H]1O. The average molecular weight is 494 g/mol. The first kappa shape index (κ1) is 23.8. The van der Waals surface area contributed by atoms with E-state index in [1.165, 1.54) is 19.3 Å². The quantitative estimate of drug-likeness (QED) is 0.473. The maximum atomic E-state index is 13.7. The molecule has 5 aliphatic carbocycles. The number of hydrogen-bond acceptors (Lipinski definition) is 4. The van der Waals surface area contributed by atoms with Crippen molar-refractivity contribution >= 4 is 22.9 Å². The molecular formula is C29H39N3O4. The van der Waals surface area contributed by atoms with Crippen LogP contribution in [0, 0.1) is 17.8 Å². The Morgan fingerprint density at radius 1 is 1.08 bits per heavy atom. The molecule has 1 aromatic carbocycles. The van der Waals surface area contributed by atoms with Gasteiger partial charge in [0.15, 0.2) is 0 Å². The van der Waals surface area contributed by atoms with Crippen molar-refractivity contribution in [2.24, 2.45) is 17.8 Å². The van der Waals surface area contributed by atoms with Gasteiger partial charge < -0.3 is 25.5 Å². The van der Waals surface area contributed by atoms with Gasteiger partial charge in [-0.2, -0.15) is 0 Å². The Labute approximate surface area is 212 Å². The number of para-hydroxylation sites is 1. The van der Waals surface area contributed by atoms with Crippen LogP contribution >= 0.6 is 0 Å². The number of amides is 2. The number of rotatable bonds is 6. The minimum Gasteiger partial charge on any atom is -0.443 e. The van der Waals surface area contributed by atoms with Crippen LogP contribution in [0.1, 0.15) is 76.7 Å². The van der Waals surface area contributed by atoms with Crippen molar-refractivity contribution in [3.63, 3.8) is 0 Å². The van der Waals surface area contributed by atoms with Crippen LogP contribution in [0.3, 0.4) is 0 Å². The normalized spacial score (nSPS) is 34.8. The van der Waals surface area contributed by atoms with Gasteiger partial charge in [-0.15, -0.1) is 0 Å². The van der Waals surface area contributed by atoms with Gasteiger partial charge in [-0.3, -0.25) is 4.79 Å². The fourth-order valence-corrected chi connectivity index (χ4v) is 8.05. The molecule has 5 aliphatic rings. The molecule has 4 N–H and O–H groups in total. The van der Waals surface area contributed by atoms with E-state index in [4.69, 9.17) is 4.74 Å². The van der Waals surface area contributed by atoms with Crippen LogP contribution in [-0.2, 0) is 16.0 Å². The number of alkyl carbamates (subject to hydrolysis) is 1. The zero-order chi connectivity index (χ0) is 24.9. The molecule has 1 aromatic heterocycles. The fraction of sp³-hybridized carbons (Fsp3) is 0.655. The molecule has 194 valence electrons. The number of hydrogen-bond donors (Lipinski definition) is 4. The highest BCUT2D eigenvalue weighted by atomic mass is 16.6. The molecule has 5 saturated carbocycles. The number of nitrogens with one attached hydrogen (secondary N) is 3. The van der Waals surface area contributed by atoms with Gasteiger partial charge in [0.2, 0.25) is 5.91 Å². The minimum atomic E-state index is -1.22. The monoisotopic (exact) mass is 493 g/mol. The van der Waals surface area contributed by atoms with E-state index in [0.29, 0.717) is 30.6 Å². The van der Waals surface area contributed by atoms with Crippen LogP contribution < -0.4 is 10.6 Å². The molecule has 2 amide bonds. The second-order valence-corrected chi connectivity index (χ2v) is 12.4. The molecule has 0 unspecified atom stereocenters. The summed E-state index contributed by atoms with van der Waals surface area (Å²) in [6.45, 7) is 1.78. The summed E-state index contributed by atoms with van der Waals surface area (Å²) in [4.78, 5) is 30.4. The number of carbonyl (C=O) groups excluding carboxylic acids is 2. The maximum absolute atomic E-state index is 13.7. The summed E-state index contributed by atoms with van der Waals surface area (Å²) >= 11 is 0. The summed E-state index contributed by atoms with van der Waals surface area (Å²) in [5.74, 6) is 1.72. The predicted molar refractivity (Wildman–Crippen MR) is 137 cm³/mol. The maximum Gasteiger partial charge on any atom is 0.408 e. The molecule has 36 heavy (non-hydrogen) atoms. The number of benzene rings is 1. The van der Waals surface area contributed by atoms with Crippen molar-refractivity contribution in [2.45, 2.75) is 101 Å². The van der Waals surface area contributed by atoms with Crippen LogP contribution in [-0.4, -0.2) is 45.4 Å². The summed E-state index contributed by atoms with van der Waals surface area (Å²) in [6.07, 6.45) is 11.2. The van der Waals surface area contributed by atoms with E-state index in [9.17, 15) is 14.7 Å². The molecule has 7 nitrogen and oxygen atoms in total. The second-order valence-electron chi connectivity index (χ2n) is 12.4. The zero-order valence-corrected chi connectivity index (χ0v) is 21.2. The van der Waals surface area contributed by atoms with Gasteiger partial charge in [0.25, 0.3) is 0 Å². The van der Waals surface area contributed by atoms with E-state index in [0.717, 1.165) is 55.0 Å². The lowest BCUT2D eigenvalue weighted by Gasteiger charge is -2.55. The number of fused-ring (bicyclic) bond motifs is 1. The molecule has 7 heteroatoms. The zero-order valence-electron chi connectivity index (χ0n) is 21.2. The summed E-state index contributed by atoms with van der Waals surface area (Å²) < 4.78 is 6.23. The van der Waals surface area contributed by atoms with E-state index >= 15 is 0 Å². The molecular weight excluding hydrogens is 454 g/mol. The Balaban J connectivity index is 1.23. The van der Waals surface area contributed by atoms with E-state index in [1.807, 2.05) is 30.5 Å². The van der Waals surface area contributed by atoms with E-state index in [1.54, 1.807) is 6.92 Å². The van der Waals surface area contributed by atoms with Gasteiger partial charge in [0, 0.05) is 23.5 Å². The first-order valence-electron chi connectivity index (χ1n) is 13.9. The van der Waals surface area contributed by atoms with Crippen molar-refractivity contribution in [2.75, 3.05) is 0 Å². The number of aliphatic hydroxyl groups excluding tert-OH is 1. The predicted octanol–water partition coefficient (Wildman–Crippen LogP) is 4.58. The standard InChI is InChI=1S/C29H39N3O4/c1-28(26(34)31-24-8-4-5-9-25(24)33,16-21-17-30-23-7-3-2-6-22(21)23)32-27(35)36-29-13-18-10-19(14-29)12-20(11-18)15-29/h2-3,6-7,17-20,24-25,30,33H,4-5,8-16H2,1H3,(H,31,34)(H,32,35)/t18?,19?,20?,24-,25-,28+,29?/m0/s1. The molecule has 0 spiro atoms. The van der Waals surface area contributed by atoms with Gasteiger partial charge in [-0.1, -0.05) is 31.0 Å². The first-order valence-corrected chi connectivity index (χ1v) is 13.9. The Morgan fingerprint density at radius 3 is 2.44 bits per heavy atom. The van der Waals surface area contributed by atoms with E-state index in [-0.39, 0.29) is 17.6 Å². The van der Waals surface area contributed by atoms with Crippen molar-refractivity contribution < 1.29 is 19.4 Å². The number of aromatic nitrogens is 1. The highest BCUT2D eigenvalue weighted by Gasteiger charge is 2.53. The molecule has 4 bridgehead atoms. The van der Waals surface area contributed by atoms with Crippen molar-refractivity contribution in [1.29, 1.82) is 0 Å². The summed E-state index contributed by atoms with van der Waals surface area (Å²) in [5.41, 5.74) is 0.356. The molecule has 3 atom stereocenters. The number of aromatic amines is 1. The highest BCUT2D eigenvalue weighted by molar-refractivity contribution is 5.91. The third-order valence-corrected chi connectivity index (χ3v) is 9.44. The Bertz CT molecular complexity index is 1110. The number of ether oxygens (including phenoxy) is 1. The molecule has 0 aliphatic heterocycles. The van der Waals surface area contributed by atoms with Crippen LogP contribution in [0.15, 0.2) is 30.5 Å². The molecule has 0 radical (unpaired) electrons. The van der Waals surface area contributed by atoms with Gasteiger partial charge in [0.1, 0.15) is 11.1 Å². The van der Waals surface area contributed by atoms with E-state index in [2.05, 4.69) is 15.6 Å². The largest absolute Gasteiger partial charge is 0.443 e. The summed E-state index contributed by atoms with van der Waals surface area (Å²) in [7, 11) is 0. The molecule has 7 rings (SSSR count). The smallest absolute Gasteiger partial charge is 0.408 e. The first-order chi connectivity index (χ1) is 17.3. The Kier molecular flexibility index (Phi) is 6.02. The van der Waals surface area contributed by atoms with Gasteiger partial charge in [0.05, 0.1) is 12.1 Å². The van der Waals surface area contributed by atoms with E-state index < -0.39 is 17.7 Å². The van der Waals surface area contributed by atoms with Crippen LogP contribution in [0.5, 0.6) is 0 Å². The number of carbonyl (C=O) groups is 2. The Morgan fingerprint density at radius 2 is 1.75 bits per heavy atom. The summed E-state index contributed by atoms with van der Waals surface area (Å²) in [6, 6.07) is 7.68. The highest BCUT2D eigenvalue weighted by Crippen LogP contribution is 2.57. The third-order valence-electron chi connectivity index (χ3n) is 9.44. The summed E-state index contributed by atoms with van der Waals surface area (Å²) in [5, 5.41) is 17.6. The molecule has 5 fully saturated rings. The minimum absolute atomic E-state index is 0.277.